The van der Waals surface area contributed by atoms with Crippen LogP contribution in [-0.4, -0.2) is 84.5 Å². The molecule has 0 bridgehead atoms. The van der Waals surface area contributed by atoms with Gasteiger partial charge < -0.3 is 20.0 Å². The number of hydrogen-bond donors (Lipinski definition) is 1. The largest absolute Gasteiger partial charge is 0.357 e. The van der Waals surface area contributed by atoms with Crippen molar-refractivity contribution in [2.45, 2.75) is 52.6 Å². The first-order valence-electron chi connectivity index (χ1n) is 9.28. The summed E-state index contributed by atoms with van der Waals surface area (Å²) in [6.45, 7) is 15.7. The zero-order chi connectivity index (χ0) is 17.9. The third-order valence-electron chi connectivity index (χ3n) is 4.96. The van der Waals surface area contributed by atoms with E-state index in [1.54, 1.807) is 0 Å². The minimum atomic E-state index is -0.187. The molecule has 0 aromatic carbocycles. The number of carbonyl (C=O) groups excluding carboxylic acids is 1. The highest BCUT2D eigenvalue weighted by atomic mass is 127. The monoisotopic (exact) mass is 465 g/mol. The van der Waals surface area contributed by atoms with E-state index in [-0.39, 0.29) is 41.5 Å². The maximum Gasteiger partial charge on any atom is 0.242 e. The molecule has 1 N–H and O–H groups in total. The molecule has 1 unspecified atom stereocenters. The number of piperazine rings is 1. The van der Waals surface area contributed by atoms with Crippen LogP contribution >= 0.6 is 24.0 Å². The van der Waals surface area contributed by atoms with E-state index < -0.39 is 0 Å². The van der Waals surface area contributed by atoms with Crippen LogP contribution < -0.4 is 5.32 Å². The topological polar surface area (TPSA) is 51.2 Å². The lowest BCUT2D eigenvalue weighted by Gasteiger charge is -2.49. The van der Waals surface area contributed by atoms with Gasteiger partial charge in [0, 0.05) is 32.2 Å². The second-order valence-electron chi connectivity index (χ2n) is 8.14. The molecular formula is C18H36IN5O. The van der Waals surface area contributed by atoms with Crippen molar-refractivity contribution in [1.82, 2.24) is 20.0 Å². The van der Waals surface area contributed by atoms with Crippen molar-refractivity contribution in [3.05, 3.63) is 0 Å². The molecular weight excluding hydrogens is 429 g/mol. The van der Waals surface area contributed by atoms with Crippen molar-refractivity contribution in [2.75, 3.05) is 46.3 Å². The van der Waals surface area contributed by atoms with E-state index in [1.165, 1.54) is 6.42 Å². The fourth-order valence-corrected chi connectivity index (χ4v) is 4.13. The molecule has 2 rings (SSSR count). The van der Waals surface area contributed by atoms with Gasteiger partial charge in [-0.2, -0.15) is 0 Å². The summed E-state index contributed by atoms with van der Waals surface area (Å²) >= 11 is 0. The Bertz CT molecular complexity index is 480. The van der Waals surface area contributed by atoms with Crippen LogP contribution in [0.3, 0.4) is 0 Å². The van der Waals surface area contributed by atoms with Gasteiger partial charge >= 0.3 is 0 Å². The van der Waals surface area contributed by atoms with Gasteiger partial charge in [0.25, 0.3) is 0 Å². The molecule has 2 fully saturated rings. The van der Waals surface area contributed by atoms with Crippen LogP contribution in [0.25, 0.3) is 0 Å². The molecule has 0 radical (unpaired) electrons. The number of guanidine groups is 1. The summed E-state index contributed by atoms with van der Waals surface area (Å²) in [4.78, 5) is 24.0. The van der Waals surface area contributed by atoms with Crippen molar-refractivity contribution in [3.8, 4) is 0 Å². The van der Waals surface area contributed by atoms with Gasteiger partial charge in [-0.25, -0.2) is 0 Å². The van der Waals surface area contributed by atoms with Crippen LogP contribution in [0.5, 0.6) is 0 Å². The van der Waals surface area contributed by atoms with Crippen LogP contribution in [0.15, 0.2) is 4.99 Å². The molecule has 1 amide bonds. The molecule has 6 nitrogen and oxygen atoms in total. The quantitative estimate of drug-likeness (QED) is 0.391. The molecule has 2 aliphatic rings. The molecule has 25 heavy (non-hydrogen) atoms. The van der Waals surface area contributed by atoms with Crippen molar-refractivity contribution in [3.63, 3.8) is 0 Å². The summed E-state index contributed by atoms with van der Waals surface area (Å²) in [5.74, 6) is 1.70. The minimum absolute atomic E-state index is 0. The third kappa shape index (κ3) is 5.70. The number of aliphatic imine (C=N–C) groups is 1. The van der Waals surface area contributed by atoms with Crippen LogP contribution in [0.4, 0.5) is 0 Å². The number of nitrogens with one attached hydrogen (secondary N) is 1. The van der Waals surface area contributed by atoms with Crippen molar-refractivity contribution >= 4 is 35.8 Å². The van der Waals surface area contributed by atoms with Gasteiger partial charge in [-0.1, -0.05) is 0 Å². The van der Waals surface area contributed by atoms with E-state index in [4.69, 9.17) is 4.99 Å². The van der Waals surface area contributed by atoms with Crippen LogP contribution in [0.2, 0.25) is 0 Å². The number of rotatable bonds is 4. The lowest BCUT2D eigenvalue weighted by Crippen LogP contribution is -2.66. The minimum Gasteiger partial charge on any atom is -0.357 e. The Balaban J connectivity index is 0.00000312. The van der Waals surface area contributed by atoms with Crippen molar-refractivity contribution < 1.29 is 4.79 Å². The fourth-order valence-electron chi connectivity index (χ4n) is 4.13. The Labute approximate surface area is 170 Å². The normalized spacial score (nSPS) is 24.7. The molecule has 0 aromatic heterocycles. The first kappa shape index (κ1) is 22.5. The van der Waals surface area contributed by atoms with Gasteiger partial charge in [0.05, 0.1) is 12.1 Å². The average molecular weight is 465 g/mol. The molecule has 2 heterocycles. The number of hydrogen-bond acceptors (Lipinski definition) is 3. The predicted molar refractivity (Wildman–Crippen MR) is 115 cm³/mol. The highest BCUT2D eigenvalue weighted by Crippen LogP contribution is 2.24. The number of amides is 1. The molecule has 0 saturated carbocycles. The summed E-state index contributed by atoms with van der Waals surface area (Å²) in [5.41, 5.74) is -0.187. The van der Waals surface area contributed by atoms with E-state index in [9.17, 15) is 4.79 Å². The van der Waals surface area contributed by atoms with E-state index >= 15 is 0 Å². The molecule has 146 valence electrons. The Morgan fingerprint density at radius 3 is 2.56 bits per heavy atom. The first-order chi connectivity index (χ1) is 11.2. The molecule has 2 saturated heterocycles. The molecule has 0 aliphatic carbocycles. The van der Waals surface area contributed by atoms with Gasteiger partial charge in [-0.15, -0.1) is 24.0 Å². The Morgan fingerprint density at radius 2 is 2.08 bits per heavy atom. The molecule has 2 aliphatic heterocycles. The average Bonchev–Trinajstić information content (AvgIpc) is 2.86. The van der Waals surface area contributed by atoms with Crippen molar-refractivity contribution in [2.24, 2.45) is 10.9 Å². The predicted octanol–water partition coefficient (Wildman–Crippen LogP) is 1.85. The van der Waals surface area contributed by atoms with Crippen molar-refractivity contribution in [1.29, 1.82) is 0 Å². The molecule has 7 heteroatoms. The van der Waals surface area contributed by atoms with Gasteiger partial charge in [0.2, 0.25) is 5.91 Å². The number of carbonyl (C=O) groups is 1. The lowest BCUT2D eigenvalue weighted by atomic mass is 9.96. The number of halogens is 1. The van der Waals surface area contributed by atoms with E-state index in [2.05, 4.69) is 56.8 Å². The van der Waals surface area contributed by atoms with Crippen LogP contribution in [0.1, 0.15) is 41.0 Å². The van der Waals surface area contributed by atoms with Gasteiger partial charge in [-0.3, -0.25) is 9.79 Å². The molecule has 0 spiro atoms. The van der Waals surface area contributed by atoms with Crippen LogP contribution in [-0.2, 0) is 4.79 Å². The zero-order valence-corrected chi connectivity index (χ0v) is 19.0. The number of likely N-dealkylation sites (tertiary alicyclic amines) is 1. The Kier molecular flexibility index (Phi) is 8.44. The highest BCUT2D eigenvalue weighted by Gasteiger charge is 2.40. The summed E-state index contributed by atoms with van der Waals surface area (Å²) in [7, 11) is 2.17. The second-order valence-corrected chi connectivity index (χ2v) is 8.14. The highest BCUT2D eigenvalue weighted by molar-refractivity contribution is 14.0. The van der Waals surface area contributed by atoms with Gasteiger partial charge in [0.1, 0.15) is 0 Å². The summed E-state index contributed by atoms with van der Waals surface area (Å²) < 4.78 is 0. The summed E-state index contributed by atoms with van der Waals surface area (Å²) in [5, 5.41) is 3.38. The zero-order valence-electron chi connectivity index (χ0n) is 16.7. The second kappa shape index (κ2) is 9.39. The standard InChI is InChI=1S/C18H35N5O.HI/c1-7-19-17(20-10-15-8-9-21(6)11-15)22-12-16(24)23(14(2)3)18(4,5)13-22;/h14-15H,7-13H2,1-6H3,(H,19,20);1H. The van der Waals surface area contributed by atoms with E-state index in [0.717, 1.165) is 38.7 Å². The molecule has 0 aromatic rings. The number of nitrogens with zero attached hydrogens (tertiary/aromatic N) is 4. The van der Waals surface area contributed by atoms with E-state index in [0.29, 0.717) is 12.5 Å². The van der Waals surface area contributed by atoms with Gasteiger partial charge in [0.15, 0.2) is 5.96 Å². The Hall–Kier alpha value is -0.570. The van der Waals surface area contributed by atoms with E-state index in [1.807, 2.05) is 4.90 Å². The fraction of sp³-hybridized carbons (Fsp3) is 0.889. The summed E-state index contributed by atoms with van der Waals surface area (Å²) in [6, 6.07) is 0.225. The summed E-state index contributed by atoms with van der Waals surface area (Å²) in [6.07, 6.45) is 1.21. The van der Waals surface area contributed by atoms with Gasteiger partial charge in [-0.05, 0) is 60.5 Å². The third-order valence-corrected chi connectivity index (χ3v) is 4.96. The lowest BCUT2D eigenvalue weighted by molar-refractivity contribution is -0.145. The maximum atomic E-state index is 12.7. The SMILES string of the molecule is CCNC(=NCC1CCN(C)C1)N1CC(=O)N(C(C)C)C(C)(C)C1.I. The Morgan fingerprint density at radius 1 is 1.40 bits per heavy atom. The van der Waals surface area contributed by atoms with Crippen LogP contribution in [0, 0.1) is 5.92 Å². The molecule has 1 atom stereocenters. The first-order valence-corrected chi connectivity index (χ1v) is 9.28. The maximum absolute atomic E-state index is 12.7. The smallest absolute Gasteiger partial charge is 0.242 e.